The summed E-state index contributed by atoms with van der Waals surface area (Å²) >= 11 is 6.28. The monoisotopic (exact) mass is 406 g/mol. The second-order valence-electron chi connectivity index (χ2n) is 7.08. The number of carboxylic acids is 1. The highest BCUT2D eigenvalue weighted by atomic mass is 35.5. The first-order valence-corrected chi connectivity index (χ1v) is 10.6. The summed E-state index contributed by atoms with van der Waals surface area (Å²) in [6.07, 6.45) is 7.34. The van der Waals surface area contributed by atoms with E-state index in [0.717, 1.165) is 55.8 Å². The fourth-order valence-corrected chi connectivity index (χ4v) is 3.38. The van der Waals surface area contributed by atoms with Crippen LogP contribution >= 0.6 is 11.6 Å². The molecule has 0 aliphatic carbocycles. The number of carboxylic acid groups (broad SMARTS) is 1. The summed E-state index contributed by atoms with van der Waals surface area (Å²) < 4.78 is 7.68. The van der Waals surface area contributed by atoms with Crippen molar-refractivity contribution in [3.63, 3.8) is 0 Å². The van der Waals surface area contributed by atoms with Crippen LogP contribution in [0.15, 0.2) is 24.3 Å². The molecule has 5 nitrogen and oxygen atoms in total. The van der Waals surface area contributed by atoms with Crippen molar-refractivity contribution in [2.24, 2.45) is 0 Å². The van der Waals surface area contributed by atoms with E-state index in [1.165, 1.54) is 12.8 Å². The van der Waals surface area contributed by atoms with Crippen molar-refractivity contribution in [1.29, 1.82) is 0 Å². The van der Waals surface area contributed by atoms with Gasteiger partial charge >= 0.3 is 5.97 Å². The number of unbranched alkanes of at least 4 members (excludes halogenated alkanes) is 4. The summed E-state index contributed by atoms with van der Waals surface area (Å²) in [4.78, 5) is 15.8. The summed E-state index contributed by atoms with van der Waals surface area (Å²) in [6, 6.07) is 7.95. The van der Waals surface area contributed by atoms with Gasteiger partial charge in [-0.2, -0.15) is 0 Å². The van der Waals surface area contributed by atoms with Gasteiger partial charge in [-0.3, -0.25) is 4.79 Å². The summed E-state index contributed by atoms with van der Waals surface area (Å²) in [6.45, 7) is 5.59. The number of benzene rings is 1. The highest BCUT2D eigenvalue weighted by Gasteiger charge is 2.18. The number of hydrogen-bond donors (Lipinski definition) is 1. The van der Waals surface area contributed by atoms with E-state index < -0.39 is 5.97 Å². The topological polar surface area (TPSA) is 64.3 Å². The number of hydrogen-bond acceptors (Lipinski definition) is 3. The van der Waals surface area contributed by atoms with Crippen LogP contribution in [0.25, 0.3) is 0 Å². The number of halogens is 1. The molecule has 0 saturated carbocycles. The van der Waals surface area contributed by atoms with Gasteiger partial charge in [0, 0.05) is 13.0 Å². The Morgan fingerprint density at radius 3 is 2.46 bits per heavy atom. The number of ether oxygens (including phenoxy) is 1. The second-order valence-corrected chi connectivity index (χ2v) is 7.44. The van der Waals surface area contributed by atoms with Gasteiger partial charge in [0.05, 0.1) is 18.7 Å². The number of nitrogens with zero attached hydrogens (tertiary/aromatic N) is 2. The average molecular weight is 407 g/mol. The van der Waals surface area contributed by atoms with Crippen molar-refractivity contribution in [1.82, 2.24) is 9.55 Å². The molecule has 1 aromatic carbocycles. The molecule has 0 spiro atoms. The van der Waals surface area contributed by atoms with Gasteiger partial charge in [0.15, 0.2) is 5.15 Å². The Bertz CT molecular complexity index is 741. The predicted octanol–water partition coefficient (Wildman–Crippen LogP) is 5.51. The minimum Gasteiger partial charge on any atom is -0.494 e. The van der Waals surface area contributed by atoms with Gasteiger partial charge in [-0.05, 0) is 30.5 Å². The van der Waals surface area contributed by atoms with E-state index in [0.29, 0.717) is 17.4 Å². The van der Waals surface area contributed by atoms with Gasteiger partial charge in [0.2, 0.25) is 0 Å². The van der Waals surface area contributed by atoms with Crippen LogP contribution in [0, 0.1) is 0 Å². The largest absolute Gasteiger partial charge is 0.494 e. The molecule has 28 heavy (non-hydrogen) atoms. The molecule has 6 heteroatoms. The third-order valence-corrected chi connectivity index (χ3v) is 5.01. The highest BCUT2D eigenvalue weighted by Crippen LogP contribution is 2.22. The van der Waals surface area contributed by atoms with Gasteiger partial charge < -0.3 is 14.4 Å². The third kappa shape index (κ3) is 6.86. The number of rotatable bonds is 13. The maximum Gasteiger partial charge on any atom is 0.309 e. The van der Waals surface area contributed by atoms with Gasteiger partial charge in [-0.1, -0.05) is 63.3 Å². The summed E-state index contributed by atoms with van der Waals surface area (Å²) in [5.41, 5.74) is 1.64. The third-order valence-electron chi connectivity index (χ3n) is 4.71. The molecule has 0 atom stereocenters. The van der Waals surface area contributed by atoms with Crippen LogP contribution in [0.5, 0.6) is 5.75 Å². The van der Waals surface area contributed by atoms with Crippen LogP contribution in [0.4, 0.5) is 0 Å². The van der Waals surface area contributed by atoms with Crippen LogP contribution in [0.3, 0.4) is 0 Å². The van der Waals surface area contributed by atoms with E-state index in [-0.39, 0.29) is 6.42 Å². The van der Waals surface area contributed by atoms with Gasteiger partial charge in [0.1, 0.15) is 11.6 Å². The van der Waals surface area contributed by atoms with Crippen LogP contribution in [-0.4, -0.2) is 27.2 Å². The fraction of sp³-hybridized carbons (Fsp3) is 0.545. The van der Waals surface area contributed by atoms with Crippen LogP contribution in [0.1, 0.15) is 69.5 Å². The van der Waals surface area contributed by atoms with Crippen molar-refractivity contribution in [3.8, 4) is 5.75 Å². The maximum atomic E-state index is 11.3. The molecule has 0 saturated heterocycles. The lowest BCUT2D eigenvalue weighted by Crippen LogP contribution is -2.12. The molecular weight excluding hydrogens is 376 g/mol. The molecule has 154 valence electrons. The zero-order valence-corrected chi connectivity index (χ0v) is 17.7. The van der Waals surface area contributed by atoms with E-state index in [1.807, 2.05) is 28.8 Å². The quantitative estimate of drug-likeness (QED) is 0.445. The Kier molecular flexibility index (Phi) is 9.35. The fourth-order valence-electron chi connectivity index (χ4n) is 3.11. The van der Waals surface area contributed by atoms with Crippen molar-refractivity contribution in [2.45, 2.75) is 71.8 Å². The number of aliphatic carboxylic acids is 1. The Morgan fingerprint density at radius 1 is 1.11 bits per heavy atom. The first-order chi connectivity index (χ1) is 13.5. The van der Waals surface area contributed by atoms with E-state index in [2.05, 4.69) is 18.8 Å². The highest BCUT2D eigenvalue weighted by molar-refractivity contribution is 6.30. The Balaban J connectivity index is 2.15. The summed E-state index contributed by atoms with van der Waals surface area (Å²) in [5, 5.41) is 9.56. The minimum absolute atomic E-state index is 0.126. The van der Waals surface area contributed by atoms with Crippen molar-refractivity contribution in [3.05, 3.63) is 46.5 Å². The number of imidazole rings is 1. The molecule has 0 unspecified atom stereocenters. The molecule has 0 radical (unpaired) electrons. The van der Waals surface area contributed by atoms with Crippen molar-refractivity contribution >= 4 is 17.6 Å². The van der Waals surface area contributed by atoms with Gasteiger partial charge in [-0.25, -0.2) is 4.98 Å². The number of aryl methyl sites for hydroxylation is 1. The van der Waals surface area contributed by atoms with E-state index in [1.54, 1.807) is 0 Å². The Morgan fingerprint density at radius 2 is 1.82 bits per heavy atom. The first-order valence-electron chi connectivity index (χ1n) is 10.2. The SMILES string of the molecule is CCCCCCc1nc(Cl)c(CC(=O)O)n1Cc1ccc(OCCCC)cc1. The van der Waals surface area contributed by atoms with Crippen LogP contribution in [-0.2, 0) is 24.2 Å². The molecule has 0 aliphatic rings. The first kappa shape index (κ1) is 22.3. The smallest absolute Gasteiger partial charge is 0.309 e. The Labute approximate surface area is 172 Å². The van der Waals surface area contributed by atoms with Crippen LogP contribution in [0.2, 0.25) is 5.15 Å². The van der Waals surface area contributed by atoms with E-state index in [9.17, 15) is 9.90 Å². The van der Waals surface area contributed by atoms with Crippen LogP contribution < -0.4 is 4.74 Å². The predicted molar refractivity (Wildman–Crippen MR) is 112 cm³/mol. The molecule has 2 aromatic rings. The van der Waals surface area contributed by atoms with E-state index in [4.69, 9.17) is 16.3 Å². The molecule has 1 heterocycles. The summed E-state index contributed by atoms with van der Waals surface area (Å²) in [5.74, 6) is 0.812. The lowest BCUT2D eigenvalue weighted by molar-refractivity contribution is -0.136. The number of carbonyl (C=O) groups is 1. The Hall–Kier alpha value is -2.01. The molecule has 2 rings (SSSR count). The van der Waals surface area contributed by atoms with Gasteiger partial charge in [0.25, 0.3) is 0 Å². The maximum absolute atomic E-state index is 11.3. The zero-order chi connectivity index (χ0) is 20.4. The molecule has 1 aromatic heterocycles. The van der Waals surface area contributed by atoms with Crippen molar-refractivity contribution < 1.29 is 14.6 Å². The molecule has 0 bridgehead atoms. The summed E-state index contributed by atoms with van der Waals surface area (Å²) in [7, 11) is 0. The lowest BCUT2D eigenvalue weighted by atomic mass is 10.1. The lowest BCUT2D eigenvalue weighted by Gasteiger charge is -2.12. The minimum atomic E-state index is -0.903. The second kappa shape index (κ2) is 11.7. The molecule has 0 fully saturated rings. The zero-order valence-electron chi connectivity index (χ0n) is 16.9. The number of aromatic nitrogens is 2. The standard InChI is InChI=1S/C22H31ClN2O3/c1-3-5-7-8-9-20-24-22(23)19(15-21(26)27)25(20)16-17-10-12-18(13-11-17)28-14-6-4-2/h10-13H,3-9,14-16H2,1-2H3,(H,26,27). The molecule has 0 amide bonds. The van der Waals surface area contributed by atoms with E-state index >= 15 is 0 Å². The average Bonchev–Trinajstić information content (AvgIpc) is 2.95. The van der Waals surface area contributed by atoms with Crippen molar-refractivity contribution in [2.75, 3.05) is 6.61 Å². The molecular formula is C22H31ClN2O3. The van der Waals surface area contributed by atoms with Gasteiger partial charge in [-0.15, -0.1) is 0 Å². The normalized spacial score (nSPS) is 11.0. The molecule has 1 N–H and O–H groups in total. The molecule has 0 aliphatic heterocycles.